The van der Waals surface area contributed by atoms with Crippen molar-refractivity contribution in [2.24, 2.45) is 0 Å². The molecule has 1 nitrogen and oxygen atoms in total. The monoisotopic (exact) mass is 286 g/mol. The van der Waals surface area contributed by atoms with Gasteiger partial charge in [0.1, 0.15) is 0 Å². The maximum atomic E-state index is 6.68. The molecule has 2 atom stereocenters. The van der Waals surface area contributed by atoms with E-state index in [0.717, 1.165) is 12.8 Å². The predicted octanol–water partition coefficient (Wildman–Crippen LogP) is 5.28. The minimum atomic E-state index is -0.223. The van der Waals surface area contributed by atoms with E-state index in [1.807, 2.05) is 12.1 Å². The lowest BCUT2D eigenvalue weighted by molar-refractivity contribution is -0.0658. The van der Waals surface area contributed by atoms with Gasteiger partial charge in [0.25, 0.3) is 0 Å². The smallest absolute Gasteiger partial charge is 0.0850 e. The van der Waals surface area contributed by atoms with Crippen molar-refractivity contribution in [1.82, 2.24) is 0 Å². The SMILES string of the molecule is CC1(Cl)CC(c2ccccc2)OC(c2ccccc2)C1. The van der Waals surface area contributed by atoms with Crippen LogP contribution in [0.25, 0.3) is 0 Å². The minimum absolute atomic E-state index is 0.0673. The van der Waals surface area contributed by atoms with E-state index in [9.17, 15) is 0 Å². The Morgan fingerprint density at radius 1 is 0.850 bits per heavy atom. The summed E-state index contributed by atoms with van der Waals surface area (Å²) >= 11 is 6.68. The Hall–Kier alpha value is -1.31. The lowest BCUT2D eigenvalue weighted by atomic mass is 9.87. The van der Waals surface area contributed by atoms with Gasteiger partial charge in [-0.3, -0.25) is 0 Å². The zero-order valence-electron chi connectivity index (χ0n) is 11.6. The number of halogens is 1. The molecule has 0 amide bonds. The van der Waals surface area contributed by atoms with Gasteiger partial charge in [-0.1, -0.05) is 60.7 Å². The van der Waals surface area contributed by atoms with Crippen molar-refractivity contribution in [2.45, 2.75) is 36.8 Å². The molecule has 1 aliphatic rings. The molecule has 104 valence electrons. The average Bonchev–Trinajstić information content (AvgIpc) is 2.47. The maximum Gasteiger partial charge on any atom is 0.0850 e. The molecular formula is C18H19ClO. The van der Waals surface area contributed by atoms with Crippen molar-refractivity contribution >= 4 is 11.6 Å². The Labute approximate surface area is 125 Å². The van der Waals surface area contributed by atoms with Crippen LogP contribution >= 0.6 is 11.6 Å². The summed E-state index contributed by atoms with van der Waals surface area (Å²) in [5.74, 6) is 0. The van der Waals surface area contributed by atoms with E-state index >= 15 is 0 Å². The summed E-state index contributed by atoms with van der Waals surface area (Å²) < 4.78 is 6.31. The first kappa shape index (κ1) is 13.7. The highest BCUT2D eigenvalue weighted by Gasteiger charge is 2.37. The standard InChI is InChI=1S/C18H19ClO/c1-18(19)12-16(14-8-4-2-5-9-14)20-17(13-18)15-10-6-3-7-11-15/h2-11,16-17H,12-13H2,1H3. The van der Waals surface area contributed by atoms with E-state index < -0.39 is 0 Å². The van der Waals surface area contributed by atoms with Crippen molar-refractivity contribution in [3.8, 4) is 0 Å². The Morgan fingerprint density at radius 2 is 1.25 bits per heavy atom. The molecule has 2 unspecified atom stereocenters. The topological polar surface area (TPSA) is 9.23 Å². The van der Waals surface area contributed by atoms with Gasteiger partial charge < -0.3 is 4.74 Å². The third kappa shape index (κ3) is 3.05. The molecule has 0 saturated carbocycles. The molecule has 2 aromatic rings. The minimum Gasteiger partial charge on any atom is -0.365 e. The Balaban J connectivity index is 1.87. The van der Waals surface area contributed by atoms with Crippen molar-refractivity contribution in [1.29, 1.82) is 0 Å². The zero-order chi connectivity index (χ0) is 14.0. The molecule has 1 heterocycles. The number of ether oxygens (including phenoxy) is 1. The molecule has 3 rings (SSSR count). The van der Waals surface area contributed by atoms with Crippen LogP contribution in [0, 0.1) is 0 Å². The van der Waals surface area contributed by atoms with Crippen LogP contribution in [0.1, 0.15) is 43.1 Å². The van der Waals surface area contributed by atoms with Crippen molar-refractivity contribution in [2.75, 3.05) is 0 Å². The van der Waals surface area contributed by atoms with Crippen molar-refractivity contribution < 1.29 is 4.74 Å². The van der Waals surface area contributed by atoms with Gasteiger partial charge in [-0.2, -0.15) is 0 Å². The molecule has 2 aromatic carbocycles. The fourth-order valence-corrected chi connectivity index (χ4v) is 3.16. The fraction of sp³-hybridized carbons (Fsp3) is 0.333. The van der Waals surface area contributed by atoms with Gasteiger partial charge in [0.15, 0.2) is 0 Å². The normalized spacial score (nSPS) is 30.1. The molecule has 0 radical (unpaired) electrons. The zero-order valence-corrected chi connectivity index (χ0v) is 12.4. The van der Waals surface area contributed by atoms with Crippen LogP contribution in [-0.2, 0) is 4.74 Å². The summed E-state index contributed by atoms with van der Waals surface area (Å²) in [6.07, 6.45) is 1.83. The predicted molar refractivity (Wildman–Crippen MR) is 82.9 cm³/mol. The van der Waals surface area contributed by atoms with E-state index in [-0.39, 0.29) is 17.1 Å². The number of alkyl halides is 1. The first-order chi connectivity index (χ1) is 9.64. The quantitative estimate of drug-likeness (QED) is 0.683. The summed E-state index contributed by atoms with van der Waals surface area (Å²) in [7, 11) is 0. The molecule has 0 spiro atoms. The van der Waals surface area contributed by atoms with Crippen LogP contribution in [0.4, 0.5) is 0 Å². The molecular weight excluding hydrogens is 268 g/mol. The first-order valence-electron chi connectivity index (χ1n) is 7.08. The molecule has 1 aliphatic heterocycles. The largest absolute Gasteiger partial charge is 0.365 e. The Morgan fingerprint density at radius 3 is 1.65 bits per heavy atom. The summed E-state index contributed by atoms with van der Waals surface area (Å²) in [6.45, 7) is 2.11. The van der Waals surface area contributed by atoms with E-state index in [0.29, 0.717) is 0 Å². The lowest BCUT2D eigenvalue weighted by Crippen LogP contribution is -2.31. The Kier molecular flexibility index (Phi) is 3.82. The van der Waals surface area contributed by atoms with Crippen LogP contribution in [0.5, 0.6) is 0 Å². The van der Waals surface area contributed by atoms with Gasteiger partial charge in [-0.05, 0) is 30.9 Å². The van der Waals surface area contributed by atoms with Gasteiger partial charge in [0.05, 0.1) is 12.2 Å². The second-order valence-corrected chi connectivity index (χ2v) is 6.67. The fourth-order valence-electron chi connectivity index (χ4n) is 2.88. The van der Waals surface area contributed by atoms with Crippen molar-refractivity contribution in [3.63, 3.8) is 0 Å². The van der Waals surface area contributed by atoms with E-state index in [2.05, 4.69) is 55.5 Å². The number of hydrogen-bond acceptors (Lipinski definition) is 1. The molecule has 0 bridgehead atoms. The second-order valence-electron chi connectivity index (χ2n) is 5.76. The summed E-state index contributed by atoms with van der Waals surface area (Å²) in [6, 6.07) is 20.7. The van der Waals surface area contributed by atoms with Gasteiger partial charge in [0.2, 0.25) is 0 Å². The van der Waals surface area contributed by atoms with Crippen LogP contribution in [0.15, 0.2) is 60.7 Å². The highest BCUT2D eigenvalue weighted by molar-refractivity contribution is 6.23. The molecule has 0 aliphatic carbocycles. The lowest BCUT2D eigenvalue weighted by Gasteiger charge is -2.39. The summed E-state index contributed by atoms with van der Waals surface area (Å²) in [4.78, 5) is -0.223. The van der Waals surface area contributed by atoms with Crippen LogP contribution in [-0.4, -0.2) is 4.87 Å². The molecule has 0 N–H and O–H groups in total. The Bertz CT molecular complexity index is 501. The molecule has 20 heavy (non-hydrogen) atoms. The van der Waals surface area contributed by atoms with Crippen LogP contribution in [0.2, 0.25) is 0 Å². The highest BCUT2D eigenvalue weighted by atomic mass is 35.5. The third-order valence-corrected chi connectivity index (χ3v) is 4.20. The molecule has 0 aromatic heterocycles. The summed E-state index contributed by atoms with van der Waals surface area (Å²) in [5, 5.41) is 0. The highest BCUT2D eigenvalue weighted by Crippen LogP contribution is 2.46. The van der Waals surface area contributed by atoms with Crippen molar-refractivity contribution in [3.05, 3.63) is 71.8 Å². The molecule has 1 fully saturated rings. The second kappa shape index (κ2) is 5.59. The van der Waals surface area contributed by atoms with Gasteiger partial charge in [-0.15, -0.1) is 11.6 Å². The van der Waals surface area contributed by atoms with E-state index in [4.69, 9.17) is 16.3 Å². The molecule has 2 heteroatoms. The summed E-state index contributed by atoms with van der Waals surface area (Å²) in [5.41, 5.74) is 2.42. The van der Waals surface area contributed by atoms with Gasteiger partial charge in [-0.25, -0.2) is 0 Å². The number of rotatable bonds is 2. The number of hydrogen-bond donors (Lipinski definition) is 0. The van der Waals surface area contributed by atoms with E-state index in [1.165, 1.54) is 11.1 Å². The first-order valence-corrected chi connectivity index (χ1v) is 7.46. The maximum absolute atomic E-state index is 6.68. The third-order valence-electron chi connectivity index (χ3n) is 3.89. The van der Waals surface area contributed by atoms with Crippen LogP contribution in [0.3, 0.4) is 0 Å². The van der Waals surface area contributed by atoms with Crippen LogP contribution < -0.4 is 0 Å². The average molecular weight is 287 g/mol. The van der Waals surface area contributed by atoms with E-state index in [1.54, 1.807) is 0 Å². The molecule has 1 saturated heterocycles. The number of benzene rings is 2. The van der Waals surface area contributed by atoms with Gasteiger partial charge >= 0.3 is 0 Å². The van der Waals surface area contributed by atoms with Gasteiger partial charge in [0, 0.05) is 4.87 Å².